The number of aliphatic hydroxyl groups is 1. The van der Waals surface area contributed by atoms with Crippen LogP contribution in [0.4, 0.5) is 11.6 Å². The summed E-state index contributed by atoms with van der Waals surface area (Å²) in [4.78, 5) is 14.0. The lowest BCUT2D eigenvalue weighted by Gasteiger charge is -2.41. The molecule has 25 heavy (non-hydrogen) atoms. The van der Waals surface area contributed by atoms with Gasteiger partial charge >= 0.3 is 0 Å². The van der Waals surface area contributed by atoms with Gasteiger partial charge in [0.15, 0.2) is 5.16 Å². The average Bonchev–Trinajstić information content (AvgIpc) is 2.62. The van der Waals surface area contributed by atoms with Crippen LogP contribution in [0.5, 0.6) is 0 Å². The molecule has 2 aliphatic rings. The van der Waals surface area contributed by atoms with Gasteiger partial charge in [0.25, 0.3) is 0 Å². The number of piperidine rings is 2. The van der Waals surface area contributed by atoms with Crippen LogP contribution in [0.15, 0.2) is 11.2 Å². The van der Waals surface area contributed by atoms with Gasteiger partial charge < -0.3 is 20.6 Å². The molecule has 6 nitrogen and oxygen atoms in total. The van der Waals surface area contributed by atoms with Crippen LogP contribution in [0, 0.1) is 0 Å². The summed E-state index contributed by atoms with van der Waals surface area (Å²) in [7, 11) is 0. The quantitative estimate of drug-likeness (QED) is 0.455. The van der Waals surface area contributed by atoms with Crippen molar-refractivity contribution in [1.82, 2.24) is 14.9 Å². The maximum Gasteiger partial charge on any atom is 0.191 e. The largest absolute Gasteiger partial charge is 0.393 e. The third-order valence-electron chi connectivity index (χ3n) is 5.24. The lowest BCUT2D eigenvalue weighted by atomic mass is 9.99. The third-order valence-corrected chi connectivity index (χ3v) is 6.18. The van der Waals surface area contributed by atoms with Crippen LogP contribution < -0.4 is 10.6 Å². The Bertz CT molecular complexity index is 542. The molecule has 1 aromatic rings. The van der Waals surface area contributed by atoms with Crippen molar-refractivity contribution >= 4 is 23.4 Å². The zero-order valence-electron chi connectivity index (χ0n) is 15.2. The number of unbranched alkanes of at least 4 members (excludes halogenated alkanes) is 1. The Labute approximate surface area is 155 Å². The molecule has 0 radical (unpaired) electrons. The molecule has 3 rings (SSSR count). The minimum Gasteiger partial charge on any atom is -0.393 e. The molecule has 7 heteroatoms. The number of aromatic nitrogens is 2. The van der Waals surface area contributed by atoms with E-state index < -0.39 is 0 Å². The van der Waals surface area contributed by atoms with Crippen LogP contribution in [0.3, 0.4) is 0 Å². The van der Waals surface area contributed by atoms with Gasteiger partial charge in [0.05, 0.1) is 6.10 Å². The van der Waals surface area contributed by atoms with E-state index >= 15 is 0 Å². The first kappa shape index (κ1) is 18.7. The maximum absolute atomic E-state index is 9.68. The normalized spacial score (nSPS) is 21.0. The summed E-state index contributed by atoms with van der Waals surface area (Å²) in [5.41, 5.74) is 6.00. The van der Waals surface area contributed by atoms with Gasteiger partial charge in [-0.1, -0.05) is 25.1 Å². The fourth-order valence-electron chi connectivity index (χ4n) is 3.68. The average molecular weight is 366 g/mol. The predicted molar refractivity (Wildman–Crippen MR) is 104 cm³/mol. The minimum atomic E-state index is -0.0936. The molecule has 0 unspecified atom stereocenters. The molecule has 2 saturated heterocycles. The first-order valence-corrected chi connectivity index (χ1v) is 10.6. The van der Waals surface area contributed by atoms with E-state index in [4.69, 9.17) is 10.7 Å². The topological polar surface area (TPSA) is 78.5 Å². The second-order valence-electron chi connectivity index (χ2n) is 7.12. The minimum absolute atomic E-state index is 0.0936. The molecule has 0 bridgehead atoms. The summed E-state index contributed by atoms with van der Waals surface area (Å²) < 4.78 is 0. The number of hydrogen-bond acceptors (Lipinski definition) is 7. The fourth-order valence-corrected chi connectivity index (χ4v) is 4.62. The van der Waals surface area contributed by atoms with E-state index in [2.05, 4.69) is 21.7 Å². The molecule has 3 heterocycles. The maximum atomic E-state index is 9.68. The lowest BCUT2D eigenvalue weighted by molar-refractivity contribution is 0.0542. The number of hydrogen-bond donors (Lipinski definition) is 2. The Kier molecular flexibility index (Phi) is 6.78. The summed E-state index contributed by atoms with van der Waals surface area (Å²) in [6, 6.07) is 2.54. The van der Waals surface area contributed by atoms with E-state index in [9.17, 15) is 5.11 Å². The first-order chi connectivity index (χ1) is 12.2. The van der Waals surface area contributed by atoms with Crippen LogP contribution in [0.1, 0.15) is 45.4 Å². The van der Waals surface area contributed by atoms with Gasteiger partial charge in [0.1, 0.15) is 11.6 Å². The highest BCUT2D eigenvalue weighted by molar-refractivity contribution is 7.99. The van der Waals surface area contributed by atoms with Crippen molar-refractivity contribution in [3.05, 3.63) is 6.07 Å². The molecular formula is C18H31N5OS. The molecule has 3 N–H and O–H groups in total. The van der Waals surface area contributed by atoms with E-state index in [1.54, 1.807) is 11.8 Å². The zero-order chi connectivity index (χ0) is 17.6. The van der Waals surface area contributed by atoms with Crippen LogP contribution in [-0.2, 0) is 0 Å². The van der Waals surface area contributed by atoms with Gasteiger partial charge in [0, 0.05) is 44.0 Å². The Morgan fingerprint density at radius 1 is 1.16 bits per heavy atom. The van der Waals surface area contributed by atoms with Crippen LogP contribution in [0.2, 0.25) is 0 Å². The number of aliphatic hydroxyl groups excluding tert-OH is 1. The van der Waals surface area contributed by atoms with E-state index in [0.717, 1.165) is 68.6 Å². The van der Waals surface area contributed by atoms with Gasteiger partial charge in [-0.25, -0.2) is 9.97 Å². The Balaban J connectivity index is 1.55. The summed E-state index contributed by atoms with van der Waals surface area (Å²) in [5, 5.41) is 10.5. The van der Waals surface area contributed by atoms with Crippen molar-refractivity contribution in [1.29, 1.82) is 0 Å². The third kappa shape index (κ3) is 5.21. The smallest absolute Gasteiger partial charge is 0.191 e. The first-order valence-electron chi connectivity index (χ1n) is 9.60. The van der Waals surface area contributed by atoms with Crippen molar-refractivity contribution in [3.8, 4) is 0 Å². The number of likely N-dealkylation sites (tertiary alicyclic amines) is 1. The highest BCUT2D eigenvalue weighted by atomic mass is 32.2. The van der Waals surface area contributed by atoms with Crippen LogP contribution in [-0.4, -0.2) is 64.1 Å². The molecule has 0 aliphatic carbocycles. The number of rotatable bonds is 6. The monoisotopic (exact) mass is 365 g/mol. The van der Waals surface area contributed by atoms with Gasteiger partial charge in [-0.2, -0.15) is 0 Å². The highest BCUT2D eigenvalue weighted by Gasteiger charge is 2.28. The predicted octanol–water partition coefficient (Wildman–Crippen LogP) is 2.38. The van der Waals surface area contributed by atoms with E-state index in [0.29, 0.717) is 11.9 Å². The fraction of sp³-hybridized carbons (Fsp3) is 0.778. The van der Waals surface area contributed by atoms with Gasteiger partial charge in [0.2, 0.25) is 0 Å². The standard InChI is InChI=1S/C18H31N5OS/c1-2-3-12-25-18-20-16(19)13-17(21-18)23-8-4-14(5-9-23)22-10-6-15(24)7-11-22/h13-15,24H,2-12H2,1H3,(H2,19,20,21). The van der Waals surface area contributed by atoms with Gasteiger partial charge in [-0.05, 0) is 32.1 Å². The molecule has 0 saturated carbocycles. The molecule has 0 aromatic carbocycles. The number of thioether (sulfide) groups is 1. The molecule has 140 valence electrons. The van der Waals surface area contributed by atoms with Gasteiger partial charge in [-0.15, -0.1) is 0 Å². The summed E-state index contributed by atoms with van der Waals surface area (Å²) in [6.45, 7) is 6.28. The van der Waals surface area contributed by atoms with Crippen LogP contribution >= 0.6 is 11.8 Å². The van der Waals surface area contributed by atoms with Crippen molar-refractivity contribution in [2.24, 2.45) is 0 Å². The van der Waals surface area contributed by atoms with E-state index in [1.165, 1.54) is 12.8 Å². The number of nitrogens with zero attached hydrogens (tertiary/aromatic N) is 4. The van der Waals surface area contributed by atoms with E-state index in [1.807, 2.05) is 6.07 Å². The van der Waals surface area contributed by atoms with Crippen molar-refractivity contribution in [2.45, 2.75) is 62.8 Å². The second kappa shape index (κ2) is 9.05. The van der Waals surface area contributed by atoms with Gasteiger partial charge in [-0.3, -0.25) is 0 Å². The molecule has 1 aromatic heterocycles. The second-order valence-corrected chi connectivity index (χ2v) is 8.18. The van der Waals surface area contributed by atoms with Crippen LogP contribution in [0.25, 0.3) is 0 Å². The summed E-state index contributed by atoms with van der Waals surface area (Å²) in [6.07, 6.45) is 6.40. The summed E-state index contributed by atoms with van der Waals surface area (Å²) in [5.74, 6) is 2.58. The zero-order valence-corrected chi connectivity index (χ0v) is 16.0. The molecule has 2 fully saturated rings. The Morgan fingerprint density at radius 2 is 1.88 bits per heavy atom. The summed E-state index contributed by atoms with van der Waals surface area (Å²) >= 11 is 1.70. The molecular weight excluding hydrogens is 334 g/mol. The van der Waals surface area contributed by atoms with Crippen molar-refractivity contribution in [3.63, 3.8) is 0 Å². The van der Waals surface area contributed by atoms with E-state index in [-0.39, 0.29) is 6.10 Å². The number of nitrogens with two attached hydrogens (primary N) is 1. The lowest BCUT2D eigenvalue weighted by Crippen LogP contribution is -2.48. The number of anilines is 2. The van der Waals surface area contributed by atoms with Crippen molar-refractivity contribution in [2.75, 3.05) is 42.6 Å². The molecule has 0 amide bonds. The molecule has 2 aliphatic heterocycles. The Hall–Kier alpha value is -1.05. The molecule has 0 atom stereocenters. The van der Waals surface area contributed by atoms with Crippen molar-refractivity contribution < 1.29 is 5.11 Å². The number of nitrogen functional groups attached to an aromatic ring is 1. The molecule has 0 spiro atoms. The highest BCUT2D eigenvalue weighted by Crippen LogP contribution is 2.26. The SMILES string of the molecule is CCCCSc1nc(N)cc(N2CCC(N3CCC(O)CC3)CC2)n1. The Morgan fingerprint density at radius 3 is 2.56 bits per heavy atom.